The molecule has 1 atom stereocenters. The molecule has 0 saturated carbocycles. The van der Waals surface area contributed by atoms with Gasteiger partial charge in [0.2, 0.25) is 0 Å². The minimum atomic E-state index is -0.730. The molecule has 0 aliphatic carbocycles. The van der Waals surface area contributed by atoms with Gasteiger partial charge in [-0.2, -0.15) is 0 Å². The molecular formula is C14H19NO3. The van der Waals surface area contributed by atoms with Crippen molar-refractivity contribution >= 4 is 5.97 Å². The van der Waals surface area contributed by atoms with Crippen LogP contribution in [0.5, 0.6) is 5.75 Å². The highest BCUT2D eigenvalue weighted by molar-refractivity contribution is 5.66. The Kier molecular flexibility index (Phi) is 4.20. The third-order valence-electron chi connectivity index (χ3n) is 3.46. The van der Waals surface area contributed by atoms with Crippen LogP contribution < -0.4 is 4.74 Å². The van der Waals surface area contributed by atoms with E-state index in [2.05, 4.69) is 11.0 Å². The minimum Gasteiger partial charge on any atom is -0.497 e. The Balaban J connectivity index is 2.07. The van der Waals surface area contributed by atoms with Crippen LogP contribution in [0.3, 0.4) is 0 Å². The van der Waals surface area contributed by atoms with Crippen LogP contribution in [0.4, 0.5) is 0 Å². The first-order valence-corrected chi connectivity index (χ1v) is 6.30. The van der Waals surface area contributed by atoms with Gasteiger partial charge in [0.1, 0.15) is 5.75 Å². The molecule has 18 heavy (non-hydrogen) atoms. The van der Waals surface area contributed by atoms with Gasteiger partial charge in [0.15, 0.2) is 0 Å². The van der Waals surface area contributed by atoms with Gasteiger partial charge in [-0.1, -0.05) is 12.1 Å². The van der Waals surface area contributed by atoms with E-state index >= 15 is 0 Å². The second-order valence-corrected chi connectivity index (χ2v) is 4.61. The van der Waals surface area contributed by atoms with Crippen LogP contribution in [-0.2, 0) is 4.79 Å². The average molecular weight is 249 g/mol. The van der Waals surface area contributed by atoms with Crippen molar-refractivity contribution in [1.82, 2.24) is 4.90 Å². The fourth-order valence-electron chi connectivity index (χ4n) is 2.56. The van der Waals surface area contributed by atoms with Crippen LogP contribution in [0.1, 0.15) is 30.9 Å². The predicted octanol–water partition coefficient (Wildman–Crippen LogP) is 2.31. The number of carboxylic acids is 1. The highest BCUT2D eigenvalue weighted by Crippen LogP contribution is 2.33. The molecule has 4 heteroatoms. The van der Waals surface area contributed by atoms with E-state index in [0.717, 1.165) is 25.1 Å². The molecule has 98 valence electrons. The molecule has 1 N–H and O–H groups in total. The summed E-state index contributed by atoms with van der Waals surface area (Å²) in [6.07, 6.45) is 2.43. The molecule has 0 bridgehead atoms. The van der Waals surface area contributed by atoms with Crippen molar-refractivity contribution in [1.29, 1.82) is 0 Å². The number of carbonyl (C=O) groups is 1. The van der Waals surface area contributed by atoms with Gasteiger partial charge in [-0.25, -0.2) is 0 Å². The van der Waals surface area contributed by atoms with Gasteiger partial charge in [-0.05, 0) is 37.1 Å². The fourth-order valence-corrected chi connectivity index (χ4v) is 2.56. The largest absolute Gasteiger partial charge is 0.497 e. The van der Waals surface area contributed by atoms with Crippen LogP contribution in [-0.4, -0.2) is 36.2 Å². The molecule has 4 nitrogen and oxygen atoms in total. The Labute approximate surface area is 107 Å². The Morgan fingerprint density at radius 1 is 1.56 bits per heavy atom. The Morgan fingerprint density at radius 3 is 3.11 bits per heavy atom. The van der Waals surface area contributed by atoms with Gasteiger partial charge < -0.3 is 9.84 Å². The van der Waals surface area contributed by atoms with E-state index in [4.69, 9.17) is 9.84 Å². The van der Waals surface area contributed by atoms with Crippen LogP contribution in [0, 0.1) is 0 Å². The first-order valence-electron chi connectivity index (χ1n) is 6.30. The summed E-state index contributed by atoms with van der Waals surface area (Å²) in [6.45, 7) is 1.60. The van der Waals surface area contributed by atoms with Gasteiger partial charge in [0.05, 0.1) is 13.5 Å². The summed E-state index contributed by atoms with van der Waals surface area (Å²) in [5.41, 5.74) is 1.22. The van der Waals surface area contributed by atoms with E-state index in [-0.39, 0.29) is 6.42 Å². The SMILES string of the molecule is COc1cccc([C@@H]2CCCN2CCC(=O)O)c1. The van der Waals surface area contributed by atoms with E-state index in [9.17, 15) is 4.79 Å². The van der Waals surface area contributed by atoms with Crippen LogP contribution >= 0.6 is 0 Å². The quantitative estimate of drug-likeness (QED) is 0.870. The maximum atomic E-state index is 10.7. The molecule has 1 heterocycles. The summed E-state index contributed by atoms with van der Waals surface area (Å²) >= 11 is 0. The minimum absolute atomic E-state index is 0.209. The lowest BCUT2D eigenvalue weighted by atomic mass is 10.0. The molecule has 1 aromatic carbocycles. The highest BCUT2D eigenvalue weighted by Gasteiger charge is 2.26. The van der Waals surface area contributed by atoms with Gasteiger partial charge in [-0.15, -0.1) is 0 Å². The number of nitrogens with zero attached hydrogens (tertiary/aromatic N) is 1. The number of rotatable bonds is 5. The van der Waals surface area contributed by atoms with E-state index in [1.54, 1.807) is 7.11 Å². The van der Waals surface area contributed by atoms with Gasteiger partial charge in [0.25, 0.3) is 0 Å². The maximum Gasteiger partial charge on any atom is 0.304 e. The van der Waals surface area contributed by atoms with E-state index in [1.807, 2.05) is 18.2 Å². The summed E-state index contributed by atoms with van der Waals surface area (Å²) in [7, 11) is 1.66. The standard InChI is InChI=1S/C14H19NO3/c1-18-12-5-2-4-11(10-12)13-6-3-8-15(13)9-7-14(16)17/h2,4-5,10,13H,3,6-9H2,1H3,(H,16,17)/t13-/m0/s1. The van der Waals surface area contributed by atoms with Crippen molar-refractivity contribution in [3.05, 3.63) is 29.8 Å². The zero-order valence-corrected chi connectivity index (χ0v) is 10.6. The zero-order chi connectivity index (χ0) is 13.0. The van der Waals surface area contributed by atoms with Crippen molar-refractivity contribution in [2.45, 2.75) is 25.3 Å². The number of aliphatic carboxylic acids is 1. The monoisotopic (exact) mass is 249 g/mol. The number of hydrogen-bond donors (Lipinski definition) is 1. The molecule has 0 aromatic heterocycles. The topological polar surface area (TPSA) is 49.8 Å². The Morgan fingerprint density at radius 2 is 2.39 bits per heavy atom. The average Bonchev–Trinajstić information content (AvgIpc) is 2.84. The summed E-state index contributed by atoms with van der Waals surface area (Å²) in [4.78, 5) is 12.9. The second kappa shape index (κ2) is 5.87. The molecule has 1 aromatic rings. The number of methoxy groups -OCH3 is 1. The van der Waals surface area contributed by atoms with Crippen molar-refractivity contribution in [3.63, 3.8) is 0 Å². The lowest BCUT2D eigenvalue weighted by Gasteiger charge is -2.24. The number of benzene rings is 1. The van der Waals surface area contributed by atoms with Gasteiger partial charge >= 0.3 is 5.97 Å². The van der Waals surface area contributed by atoms with Crippen LogP contribution in [0.2, 0.25) is 0 Å². The molecular weight excluding hydrogens is 230 g/mol. The van der Waals surface area contributed by atoms with E-state index in [1.165, 1.54) is 5.56 Å². The third-order valence-corrected chi connectivity index (χ3v) is 3.46. The zero-order valence-electron chi connectivity index (χ0n) is 10.6. The highest BCUT2D eigenvalue weighted by atomic mass is 16.5. The Hall–Kier alpha value is -1.55. The lowest BCUT2D eigenvalue weighted by molar-refractivity contribution is -0.137. The number of ether oxygens (including phenoxy) is 1. The Bertz CT molecular complexity index is 419. The van der Waals surface area contributed by atoms with Crippen molar-refractivity contribution in [2.24, 2.45) is 0 Å². The first kappa shape index (κ1) is 12.9. The second-order valence-electron chi connectivity index (χ2n) is 4.61. The smallest absolute Gasteiger partial charge is 0.304 e. The first-order chi connectivity index (χ1) is 8.70. The molecule has 0 spiro atoms. The number of hydrogen-bond acceptors (Lipinski definition) is 3. The van der Waals surface area contributed by atoms with E-state index < -0.39 is 5.97 Å². The maximum absolute atomic E-state index is 10.7. The molecule has 1 saturated heterocycles. The number of likely N-dealkylation sites (tertiary alicyclic amines) is 1. The lowest BCUT2D eigenvalue weighted by Crippen LogP contribution is -2.26. The molecule has 1 aliphatic heterocycles. The van der Waals surface area contributed by atoms with Crippen molar-refractivity contribution < 1.29 is 14.6 Å². The van der Waals surface area contributed by atoms with Crippen LogP contribution in [0.25, 0.3) is 0 Å². The summed E-state index contributed by atoms with van der Waals surface area (Å²) in [5, 5.41) is 8.77. The molecule has 1 fully saturated rings. The van der Waals surface area contributed by atoms with E-state index in [0.29, 0.717) is 12.6 Å². The summed E-state index contributed by atoms with van der Waals surface area (Å²) in [6, 6.07) is 8.39. The molecule has 0 radical (unpaired) electrons. The predicted molar refractivity (Wildman–Crippen MR) is 68.8 cm³/mol. The molecule has 0 amide bonds. The molecule has 1 aliphatic rings. The summed E-state index contributed by atoms with van der Waals surface area (Å²) < 4.78 is 5.24. The summed E-state index contributed by atoms with van der Waals surface area (Å²) in [5.74, 6) is 0.129. The van der Waals surface area contributed by atoms with Gasteiger partial charge in [0, 0.05) is 12.6 Å². The third kappa shape index (κ3) is 3.01. The number of carboxylic acid groups (broad SMARTS) is 1. The van der Waals surface area contributed by atoms with Crippen molar-refractivity contribution in [2.75, 3.05) is 20.2 Å². The molecule has 0 unspecified atom stereocenters. The molecule has 2 rings (SSSR count). The van der Waals surface area contributed by atoms with Crippen molar-refractivity contribution in [3.8, 4) is 5.75 Å². The van der Waals surface area contributed by atoms with Crippen LogP contribution in [0.15, 0.2) is 24.3 Å². The normalized spacial score (nSPS) is 19.9. The fraction of sp³-hybridized carbons (Fsp3) is 0.500. The van der Waals surface area contributed by atoms with Gasteiger partial charge in [-0.3, -0.25) is 9.69 Å².